The number of alkyl halides is 2. The number of benzene rings is 1. The molecule has 136 valence electrons. The van der Waals surface area contributed by atoms with Crippen LogP contribution in [0, 0.1) is 6.92 Å². The van der Waals surface area contributed by atoms with E-state index in [1.807, 2.05) is 0 Å². The Kier molecular flexibility index (Phi) is 5.01. The molecule has 0 aliphatic carbocycles. The van der Waals surface area contributed by atoms with Crippen LogP contribution < -0.4 is 14.8 Å². The minimum atomic E-state index is -3.69. The number of nitrogens with zero attached hydrogens (tertiary/aromatic N) is 2. The molecule has 1 amide bonds. The molecule has 1 aliphatic heterocycles. The van der Waals surface area contributed by atoms with Crippen LogP contribution in [0.2, 0.25) is 5.15 Å². The first-order valence-electron chi connectivity index (χ1n) is 7.24. The van der Waals surface area contributed by atoms with Gasteiger partial charge in [0.15, 0.2) is 16.7 Å². The number of halogens is 3. The summed E-state index contributed by atoms with van der Waals surface area (Å²) >= 11 is 7.04. The zero-order valence-corrected chi connectivity index (χ0v) is 15.1. The van der Waals surface area contributed by atoms with Crippen molar-refractivity contribution in [2.45, 2.75) is 13.2 Å². The first-order chi connectivity index (χ1) is 12.3. The molecule has 0 fully saturated rings. The monoisotopic (exact) mass is 399 g/mol. The summed E-state index contributed by atoms with van der Waals surface area (Å²) in [6.45, 7) is 1.72. The number of pyridine rings is 1. The summed E-state index contributed by atoms with van der Waals surface area (Å²) in [7, 11) is 0. The third-order valence-corrected chi connectivity index (χ3v) is 3.99. The average molecular weight is 400 g/mol. The van der Waals surface area contributed by atoms with Crippen molar-refractivity contribution in [2.24, 2.45) is 4.99 Å². The van der Waals surface area contributed by atoms with Crippen molar-refractivity contribution in [3.63, 3.8) is 0 Å². The van der Waals surface area contributed by atoms with Gasteiger partial charge in [0.25, 0.3) is 5.91 Å². The van der Waals surface area contributed by atoms with Gasteiger partial charge in [-0.05, 0) is 37.4 Å². The van der Waals surface area contributed by atoms with Gasteiger partial charge in [0, 0.05) is 17.3 Å². The first-order valence-corrected chi connectivity index (χ1v) is 8.84. The maximum Gasteiger partial charge on any atom is 0.586 e. The van der Waals surface area contributed by atoms with Crippen molar-refractivity contribution in [1.29, 1.82) is 0 Å². The molecule has 0 saturated carbocycles. The second kappa shape index (κ2) is 7.08. The number of aromatic nitrogens is 1. The SMILES string of the molecule is CSC(=Nc1ccc2c(c1)OC(F)(F)O2)NC(=O)c1cc(C)nc(Cl)c1. The lowest BCUT2D eigenvalue weighted by Gasteiger charge is -2.07. The van der Waals surface area contributed by atoms with E-state index < -0.39 is 12.2 Å². The minimum absolute atomic E-state index is 0.0782. The summed E-state index contributed by atoms with van der Waals surface area (Å²) in [6, 6.07) is 7.11. The molecule has 0 bridgehead atoms. The molecule has 0 radical (unpaired) electrons. The van der Waals surface area contributed by atoms with Gasteiger partial charge < -0.3 is 14.8 Å². The van der Waals surface area contributed by atoms with Gasteiger partial charge in [-0.25, -0.2) is 9.98 Å². The van der Waals surface area contributed by atoms with Gasteiger partial charge >= 0.3 is 6.29 Å². The molecule has 10 heteroatoms. The number of aryl methyl sites for hydroxylation is 1. The van der Waals surface area contributed by atoms with Crippen LogP contribution in [0.1, 0.15) is 16.1 Å². The van der Waals surface area contributed by atoms with E-state index in [1.165, 1.54) is 36.0 Å². The summed E-state index contributed by atoms with van der Waals surface area (Å²) in [4.78, 5) is 20.6. The lowest BCUT2D eigenvalue weighted by atomic mass is 10.2. The maximum atomic E-state index is 13.1. The van der Waals surface area contributed by atoms with E-state index in [-0.39, 0.29) is 21.8 Å². The van der Waals surface area contributed by atoms with Crippen LogP contribution in [0.25, 0.3) is 0 Å². The number of amidine groups is 1. The third kappa shape index (κ3) is 4.23. The first kappa shape index (κ1) is 18.4. The van der Waals surface area contributed by atoms with Gasteiger partial charge in [-0.3, -0.25) is 4.79 Å². The Morgan fingerprint density at radius 1 is 1.27 bits per heavy atom. The lowest BCUT2D eigenvalue weighted by molar-refractivity contribution is -0.286. The van der Waals surface area contributed by atoms with E-state index in [2.05, 4.69) is 24.8 Å². The van der Waals surface area contributed by atoms with Gasteiger partial charge in [-0.2, -0.15) is 0 Å². The third-order valence-electron chi connectivity index (χ3n) is 3.21. The molecule has 2 aromatic rings. The number of aliphatic imine (C=N–C) groups is 1. The fraction of sp³-hybridized carbons (Fsp3) is 0.188. The minimum Gasteiger partial charge on any atom is -0.395 e. The summed E-state index contributed by atoms with van der Waals surface area (Å²) in [5.74, 6) is -0.622. The van der Waals surface area contributed by atoms with E-state index in [1.54, 1.807) is 19.2 Å². The Morgan fingerprint density at radius 2 is 2.00 bits per heavy atom. The summed E-state index contributed by atoms with van der Waals surface area (Å²) in [5.41, 5.74) is 1.25. The molecule has 0 saturated heterocycles. The number of hydrogen-bond donors (Lipinski definition) is 1. The Labute approximate surface area is 156 Å². The van der Waals surface area contributed by atoms with E-state index in [9.17, 15) is 13.6 Å². The van der Waals surface area contributed by atoms with Crippen molar-refractivity contribution in [2.75, 3.05) is 6.26 Å². The largest absolute Gasteiger partial charge is 0.586 e. The topological polar surface area (TPSA) is 72.8 Å². The Balaban J connectivity index is 1.80. The van der Waals surface area contributed by atoms with Gasteiger partial charge in [-0.1, -0.05) is 23.4 Å². The highest BCUT2D eigenvalue weighted by Crippen LogP contribution is 2.42. The molecule has 3 rings (SSSR count). The fourth-order valence-corrected chi connectivity index (χ4v) is 2.82. The van der Waals surface area contributed by atoms with Crippen LogP contribution in [0.4, 0.5) is 14.5 Å². The van der Waals surface area contributed by atoms with Gasteiger partial charge in [0.2, 0.25) is 0 Å². The Morgan fingerprint density at radius 3 is 2.69 bits per heavy atom. The highest BCUT2D eigenvalue weighted by atomic mass is 35.5. The van der Waals surface area contributed by atoms with Crippen molar-refractivity contribution >= 4 is 40.1 Å². The van der Waals surface area contributed by atoms with Crippen molar-refractivity contribution in [1.82, 2.24) is 10.3 Å². The van der Waals surface area contributed by atoms with Gasteiger partial charge in [0.05, 0.1) is 5.69 Å². The molecule has 1 aliphatic rings. The number of carbonyl (C=O) groups is 1. The van der Waals surface area contributed by atoms with Crippen molar-refractivity contribution in [3.8, 4) is 11.5 Å². The quantitative estimate of drug-likeness (QED) is 0.466. The van der Waals surface area contributed by atoms with Crippen molar-refractivity contribution in [3.05, 3.63) is 46.7 Å². The molecule has 0 unspecified atom stereocenters. The lowest BCUT2D eigenvalue weighted by Crippen LogP contribution is -2.28. The molecule has 0 spiro atoms. The second-order valence-electron chi connectivity index (χ2n) is 5.19. The van der Waals surface area contributed by atoms with E-state index in [4.69, 9.17) is 11.6 Å². The van der Waals surface area contributed by atoms with Crippen LogP contribution in [-0.2, 0) is 0 Å². The molecule has 0 atom stereocenters. The van der Waals surface area contributed by atoms with Crippen LogP contribution in [0.3, 0.4) is 0 Å². The van der Waals surface area contributed by atoms with E-state index in [0.29, 0.717) is 16.9 Å². The summed E-state index contributed by atoms with van der Waals surface area (Å²) in [6.07, 6.45) is -1.98. The van der Waals surface area contributed by atoms with Gasteiger partial charge in [-0.15, -0.1) is 8.78 Å². The van der Waals surface area contributed by atoms with E-state index >= 15 is 0 Å². The number of amides is 1. The van der Waals surface area contributed by atoms with Crippen LogP contribution >= 0.6 is 23.4 Å². The number of rotatable bonds is 2. The number of thioether (sulfide) groups is 1. The zero-order valence-electron chi connectivity index (χ0n) is 13.5. The second-order valence-corrected chi connectivity index (χ2v) is 6.38. The maximum absolute atomic E-state index is 13.1. The Hall–Kier alpha value is -2.39. The normalized spacial score (nSPS) is 15.0. The molecular formula is C16H12ClF2N3O3S. The molecule has 2 heterocycles. The highest BCUT2D eigenvalue weighted by Gasteiger charge is 2.43. The number of ether oxygens (including phenoxy) is 2. The standard InChI is InChI=1S/C16H12ClF2N3O3S/c1-8-5-9(6-13(17)20-8)14(23)22-15(26-2)21-10-3-4-11-12(7-10)25-16(18,19)24-11/h3-7H,1-2H3,(H,21,22,23). The summed E-state index contributed by atoms with van der Waals surface area (Å²) in [5, 5.41) is 3.11. The average Bonchev–Trinajstić information content (AvgIpc) is 2.86. The number of hydrogen-bond acceptors (Lipinski definition) is 6. The number of nitrogens with one attached hydrogen (secondary N) is 1. The molecule has 1 aromatic heterocycles. The Bertz CT molecular complexity index is 888. The predicted molar refractivity (Wildman–Crippen MR) is 94.7 cm³/mol. The van der Waals surface area contributed by atoms with Crippen LogP contribution in [-0.4, -0.2) is 28.6 Å². The molecule has 26 heavy (non-hydrogen) atoms. The predicted octanol–water partition coefficient (Wildman–Crippen LogP) is 4.15. The van der Waals surface area contributed by atoms with Crippen LogP contribution in [0.15, 0.2) is 35.3 Å². The van der Waals surface area contributed by atoms with Gasteiger partial charge in [0.1, 0.15) is 5.15 Å². The number of carbonyl (C=O) groups excluding carboxylic acids is 1. The highest BCUT2D eigenvalue weighted by molar-refractivity contribution is 8.13. The molecule has 1 aromatic carbocycles. The van der Waals surface area contributed by atoms with Crippen molar-refractivity contribution < 1.29 is 23.0 Å². The van der Waals surface area contributed by atoms with Crippen LogP contribution in [0.5, 0.6) is 11.5 Å². The molecular weight excluding hydrogens is 388 g/mol. The number of fused-ring (bicyclic) bond motifs is 1. The molecule has 1 N–H and O–H groups in total. The molecule has 6 nitrogen and oxygen atoms in total. The zero-order chi connectivity index (χ0) is 18.9. The smallest absolute Gasteiger partial charge is 0.395 e. The summed E-state index contributed by atoms with van der Waals surface area (Å²) < 4.78 is 34.8. The van der Waals surface area contributed by atoms with E-state index in [0.717, 1.165) is 0 Å². The fourth-order valence-electron chi connectivity index (χ4n) is 2.18.